The summed E-state index contributed by atoms with van der Waals surface area (Å²) in [5.41, 5.74) is 1.54. The van der Waals surface area contributed by atoms with Crippen molar-refractivity contribution < 1.29 is 4.74 Å². The highest BCUT2D eigenvalue weighted by Crippen LogP contribution is 2.54. The van der Waals surface area contributed by atoms with E-state index in [2.05, 4.69) is 19.9 Å². The van der Waals surface area contributed by atoms with Gasteiger partial charge in [-0.3, -0.25) is 0 Å². The van der Waals surface area contributed by atoms with E-state index in [1.807, 2.05) is 0 Å². The van der Waals surface area contributed by atoms with Crippen molar-refractivity contribution >= 4 is 0 Å². The predicted molar refractivity (Wildman–Crippen MR) is 61.6 cm³/mol. The normalized spacial score (nSPS) is 49.5. The van der Waals surface area contributed by atoms with Gasteiger partial charge in [-0.2, -0.15) is 0 Å². The number of ether oxygens (including phenoxy) is 1. The maximum atomic E-state index is 5.98. The molecule has 0 N–H and O–H groups in total. The van der Waals surface area contributed by atoms with Crippen molar-refractivity contribution in [3.05, 3.63) is 11.6 Å². The zero-order valence-corrected chi connectivity index (χ0v) is 9.91. The number of fused-ring (bicyclic) bond motifs is 2. The van der Waals surface area contributed by atoms with E-state index in [1.54, 1.807) is 5.57 Å². The largest absolute Gasteiger partial charge is 0.374 e. The van der Waals surface area contributed by atoms with Crippen LogP contribution < -0.4 is 0 Å². The smallest absolute Gasteiger partial charge is 0.0791 e. The van der Waals surface area contributed by atoms with Crippen LogP contribution >= 0.6 is 0 Å². The van der Waals surface area contributed by atoms with Gasteiger partial charge in [0.15, 0.2) is 0 Å². The van der Waals surface area contributed by atoms with Crippen LogP contribution in [0.15, 0.2) is 11.6 Å². The van der Waals surface area contributed by atoms with Crippen LogP contribution in [-0.2, 0) is 4.74 Å². The van der Waals surface area contributed by atoms with Crippen LogP contribution in [-0.4, -0.2) is 12.7 Å². The number of rotatable bonds is 1. The molecule has 0 aromatic rings. The predicted octanol–water partition coefficient (Wildman–Crippen LogP) is 3.40. The van der Waals surface area contributed by atoms with Crippen molar-refractivity contribution in [3.8, 4) is 0 Å². The second kappa shape index (κ2) is 3.62. The van der Waals surface area contributed by atoms with Gasteiger partial charge < -0.3 is 4.74 Å². The summed E-state index contributed by atoms with van der Waals surface area (Å²) in [6, 6.07) is 0. The molecule has 5 atom stereocenters. The molecule has 1 aliphatic heterocycles. The number of hydrogen-bond acceptors (Lipinski definition) is 1. The molecule has 3 aliphatic rings. The molecule has 5 unspecified atom stereocenters. The molecule has 0 radical (unpaired) electrons. The molecule has 2 aliphatic carbocycles. The maximum Gasteiger partial charge on any atom is 0.0791 e. The third-order valence-electron chi connectivity index (χ3n) is 5.04. The second-order valence-corrected chi connectivity index (χ2v) is 5.87. The van der Waals surface area contributed by atoms with E-state index in [0.29, 0.717) is 6.10 Å². The van der Waals surface area contributed by atoms with Crippen LogP contribution in [0.5, 0.6) is 0 Å². The summed E-state index contributed by atoms with van der Waals surface area (Å²) in [6.07, 6.45) is 8.43. The number of hydrogen-bond donors (Lipinski definition) is 0. The lowest BCUT2D eigenvalue weighted by Crippen LogP contribution is -2.34. The first-order chi connectivity index (χ1) is 7.25. The van der Waals surface area contributed by atoms with Gasteiger partial charge in [0.2, 0.25) is 0 Å². The van der Waals surface area contributed by atoms with Crippen molar-refractivity contribution in [2.45, 2.75) is 45.6 Å². The summed E-state index contributed by atoms with van der Waals surface area (Å²) in [5.74, 6) is 3.71. The Balaban J connectivity index is 1.79. The summed E-state index contributed by atoms with van der Waals surface area (Å²) in [7, 11) is 0. The molecule has 0 saturated heterocycles. The van der Waals surface area contributed by atoms with Crippen molar-refractivity contribution in [2.24, 2.45) is 23.7 Å². The Morgan fingerprint density at radius 1 is 1.27 bits per heavy atom. The van der Waals surface area contributed by atoms with Gasteiger partial charge in [-0.25, -0.2) is 0 Å². The Hall–Kier alpha value is -0.300. The van der Waals surface area contributed by atoms with Crippen LogP contribution in [0, 0.1) is 23.7 Å². The van der Waals surface area contributed by atoms with Gasteiger partial charge in [0.25, 0.3) is 0 Å². The molecule has 0 spiro atoms. The van der Waals surface area contributed by atoms with Crippen molar-refractivity contribution in [2.75, 3.05) is 6.61 Å². The molecule has 0 amide bonds. The van der Waals surface area contributed by atoms with E-state index in [1.165, 1.54) is 19.3 Å². The first kappa shape index (κ1) is 9.89. The molecular weight excluding hydrogens is 184 g/mol. The molecule has 1 heteroatoms. The Kier molecular flexibility index (Phi) is 2.39. The van der Waals surface area contributed by atoms with Crippen LogP contribution in [0.2, 0.25) is 0 Å². The third-order valence-corrected chi connectivity index (χ3v) is 5.04. The lowest BCUT2D eigenvalue weighted by Gasteiger charge is -2.35. The Morgan fingerprint density at radius 3 is 2.73 bits per heavy atom. The molecule has 2 fully saturated rings. The molecule has 1 heterocycles. The fourth-order valence-corrected chi connectivity index (χ4v) is 4.18. The van der Waals surface area contributed by atoms with Crippen LogP contribution in [0.1, 0.15) is 39.5 Å². The lowest BCUT2D eigenvalue weighted by molar-refractivity contribution is 0.000413. The first-order valence-electron chi connectivity index (χ1n) is 6.54. The van der Waals surface area contributed by atoms with Crippen LogP contribution in [0.25, 0.3) is 0 Å². The molecule has 0 aromatic carbocycles. The van der Waals surface area contributed by atoms with Gasteiger partial charge in [0.05, 0.1) is 12.7 Å². The maximum absolute atomic E-state index is 5.98. The van der Waals surface area contributed by atoms with Gasteiger partial charge in [-0.1, -0.05) is 18.6 Å². The fourth-order valence-electron chi connectivity index (χ4n) is 4.18. The summed E-state index contributed by atoms with van der Waals surface area (Å²) in [4.78, 5) is 0. The van der Waals surface area contributed by atoms with E-state index in [9.17, 15) is 0 Å². The summed E-state index contributed by atoms with van der Waals surface area (Å²) in [6.45, 7) is 5.66. The van der Waals surface area contributed by atoms with E-state index >= 15 is 0 Å². The molecule has 1 nitrogen and oxygen atoms in total. The summed E-state index contributed by atoms with van der Waals surface area (Å²) < 4.78 is 5.98. The minimum atomic E-state index is 0.448. The minimum absolute atomic E-state index is 0.448. The van der Waals surface area contributed by atoms with E-state index < -0.39 is 0 Å². The topological polar surface area (TPSA) is 9.23 Å². The van der Waals surface area contributed by atoms with E-state index in [4.69, 9.17) is 4.74 Å². The molecule has 2 saturated carbocycles. The zero-order chi connectivity index (χ0) is 10.4. The van der Waals surface area contributed by atoms with E-state index in [0.717, 1.165) is 36.7 Å². The minimum Gasteiger partial charge on any atom is -0.374 e. The Morgan fingerprint density at radius 2 is 2.07 bits per heavy atom. The molecule has 15 heavy (non-hydrogen) atoms. The third kappa shape index (κ3) is 1.56. The van der Waals surface area contributed by atoms with Gasteiger partial charge in [-0.05, 0) is 56.3 Å². The Labute approximate surface area is 92.9 Å². The van der Waals surface area contributed by atoms with Gasteiger partial charge in [-0.15, -0.1) is 0 Å². The van der Waals surface area contributed by atoms with Crippen LogP contribution in [0.4, 0.5) is 0 Å². The molecule has 3 rings (SSSR count). The van der Waals surface area contributed by atoms with Gasteiger partial charge in [0, 0.05) is 0 Å². The molecule has 84 valence electrons. The SMILES string of the molecule is CC1=CC(C2C3CCC(C3)C2C)OCC1. The first-order valence-corrected chi connectivity index (χ1v) is 6.54. The highest BCUT2D eigenvalue weighted by atomic mass is 16.5. The summed E-state index contributed by atoms with van der Waals surface area (Å²) >= 11 is 0. The molecular formula is C14H22O. The average Bonchev–Trinajstić information content (AvgIpc) is 2.77. The van der Waals surface area contributed by atoms with Gasteiger partial charge in [0.1, 0.15) is 0 Å². The highest BCUT2D eigenvalue weighted by molar-refractivity contribution is 5.10. The standard InChI is InChI=1S/C14H22O/c1-9-5-6-15-13(7-9)14-10(2)11-3-4-12(14)8-11/h7,10-14H,3-6,8H2,1-2H3. The quantitative estimate of drug-likeness (QED) is 0.597. The van der Waals surface area contributed by atoms with Crippen molar-refractivity contribution in [3.63, 3.8) is 0 Å². The van der Waals surface area contributed by atoms with Crippen molar-refractivity contribution in [1.82, 2.24) is 0 Å². The van der Waals surface area contributed by atoms with Gasteiger partial charge >= 0.3 is 0 Å². The lowest BCUT2D eigenvalue weighted by atomic mass is 9.76. The monoisotopic (exact) mass is 206 g/mol. The second-order valence-electron chi connectivity index (χ2n) is 5.87. The zero-order valence-electron chi connectivity index (χ0n) is 9.91. The molecule has 2 bridgehead atoms. The fraction of sp³-hybridized carbons (Fsp3) is 0.857. The van der Waals surface area contributed by atoms with Crippen LogP contribution in [0.3, 0.4) is 0 Å². The summed E-state index contributed by atoms with van der Waals surface area (Å²) in [5, 5.41) is 0. The van der Waals surface area contributed by atoms with E-state index in [-0.39, 0.29) is 0 Å². The highest BCUT2D eigenvalue weighted by Gasteiger charge is 2.48. The van der Waals surface area contributed by atoms with Crippen molar-refractivity contribution in [1.29, 1.82) is 0 Å². The average molecular weight is 206 g/mol. The Bertz CT molecular complexity index is 279. The molecule has 0 aromatic heterocycles.